The maximum atomic E-state index is 13.1. The molecule has 0 unspecified atom stereocenters. The van der Waals surface area contributed by atoms with E-state index in [1.165, 1.54) is 0 Å². The molecule has 2 aromatic rings. The van der Waals surface area contributed by atoms with Crippen molar-refractivity contribution in [2.24, 2.45) is 7.05 Å². The first-order valence-corrected chi connectivity index (χ1v) is 9.71. The highest BCUT2D eigenvalue weighted by Crippen LogP contribution is 2.29. The summed E-state index contributed by atoms with van der Waals surface area (Å²) in [5, 5.41) is 0.584. The lowest BCUT2D eigenvalue weighted by molar-refractivity contribution is -0.133. The summed E-state index contributed by atoms with van der Waals surface area (Å²) in [5.41, 5.74) is 1.64. The van der Waals surface area contributed by atoms with Gasteiger partial charge in [0.25, 0.3) is 5.91 Å². The molecule has 144 valence electrons. The third-order valence-corrected chi connectivity index (χ3v) is 5.22. The molecule has 1 heterocycles. The molecule has 5 nitrogen and oxygen atoms in total. The summed E-state index contributed by atoms with van der Waals surface area (Å²) in [6.07, 6.45) is 4.04. The lowest BCUT2D eigenvalue weighted by Gasteiger charge is -2.30. The average molecular weight is 388 g/mol. The maximum Gasteiger partial charge on any atom is 0.254 e. The van der Waals surface area contributed by atoms with Crippen LogP contribution in [0.3, 0.4) is 0 Å². The van der Waals surface area contributed by atoms with Gasteiger partial charge in [-0.05, 0) is 63.1 Å². The van der Waals surface area contributed by atoms with E-state index in [0.29, 0.717) is 17.1 Å². The minimum Gasteiger partial charge on any atom is -0.353 e. The van der Waals surface area contributed by atoms with Gasteiger partial charge in [0.1, 0.15) is 6.54 Å². The second-order valence-electron chi connectivity index (χ2n) is 7.40. The van der Waals surface area contributed by atoms with Gasteiger partial charge < -0.3 is 14.4 Å². The standard InChI is InChI=1S/C21H26ClN3O2/c1-15(2)24(21(27)16-6-8-17(22)9-7-16)14-20(26)25(18-10-11-18)13-19-5-4-12-23(19)3/h4-9,12,15,18H,10-11,13-14H2,1-3H3. The molecular weight excluding hydrogens is 362 g/mol. The second-order valence-corrected chi connectivity index (χ2v) is 7.83. The van der Waals surface area contributed by atoms with E-state index < -0.39 is 0 Å². The number of aromatic nitrogens is 1. The molecule has 0 bridgehead atoms. The Bertz CT molecular complexity index is 809. The van der Waals surface area contributed by atoms with Gasteiger partial charge in [-0.15, -0.1) is 0 Å². The molecule has 1 aromatic carbocycles. The quantitative estimate of drug-likeness (QED) is 0.726. The maximum absolute atomic E-state index is 13.1. The SMILES string of the molecule is CC(C)N(CC(=O)N(Cc1cccn1C)C1CC1)C(=O)c1ccc(Cl)cc1. The Hall–Kier alpha value is -2.27. The van der Waals surface area contributed by atoms with Crippen LogP contribution in [0.25, 0.3) is 0 Å². The number of carbonyl (C=O) groups is 2. The summed E-state index contributed by atoms with van der Waals surface area (Å²) in [4.78, 5) is 29.5. The van der Waals surface area contributed by atoms with Crippen molar-refractivity contribution >= 4 is 23.4 Å². The molecule has 0 N–H and O–H groups in total. The molecule has 1 aromatic heterocycles. The van der Waals surface area contributed by atoms with Crippen molar-refractivity contribution in [3.8, 4) is 0 Å². The zero-order valence-electron chi connectivity index (χ0n) is 16.1. The Morgan fingerprint density at radius 2 is 1.85 bits per heavy atom. The Kier molecular flexibility index (Phi) is 5.90. The van der Waals surface area contributed by atoms with Crippen LogP contribution in [0.4, 0.5) is 0 Å². The fraction of sp³-hybridized carbons (Fsp3) is 0.429. The minimum absolute atomic E-state index is 0.00489. The predicted octanol–water partition coefficient (Wildman–Crippen LogP) is 3.72. The fourth-order valence-electron chi connectivity index (χ4n) is 3.13. The summed E-state index contributed by atoms with van der Waals surface area (Å²) in [7, 11) is 1.98. The van der Waals surface area contributed by atoms with Crippen LogP contribution in [0, 0.1) is 0 Å². The third-order valence-electron chi connectivity index (χ3n) is 4.97. The zero-order valence-corrected chi connectivity index (χ0v) is 16.8. The molecule has 0 atom stereocenters. The normalized spacial score (nSPS) is 13.7. The minimum atomic E-state index is -0.148. The van der Waals surface area contributed by atoms with E-state index in [-0.39, 0.29) is 30.4 Å². The highest BCUT2D eigenvalue weighted by molar-refractivity contribution is 6.30. The molecule has 2 amide bonds. The Balaban J connectivity index is 1.74. The molecule has 27 heavy (non-hydrogen) atoms. The first-order chi connectivity index (χ1) is 12.9. The first-order valence-electron chi connectivity index (χ1n) is 9.33. The molecule has 1 aliphatic carbocycles. The van der Waals surface area contributed by atoms with Gasteiger partial charge in [0.05, 0.1) is 6.54 Å². The summed E-state index contributed by atoms with van der Waals surface area (Å²) < 4.78 is 2.03. The van der Waals surface area contributed by atoms with Gasteiger partial charge in [0, 0.05) is 41.6 Å². The second kappa shape index (κ2) is 8.17. The molecular formula is C21H26ClN3O2. The van der Waals surface area contributed by atoms with Crippen LogP contribution in [-0.2, 0) is 18.4 Å². The number of aryl methyl sites for hydroxylation is 1. The number of benzene rings is 1. The number of hydrogen-bond acceptors (Lipinski definition) is 2. The summed E-state index contributed by atoms with van der Waals surface area (Å²) in [6, 6.07) is 11.0. The van der Waals surface area contributed by atoms with E-state index in [0.717, 1.165) is 18.5 Å². The molecule has 1 aliphatic rings. The number of carbonyl (C=O) groups excluding carboxylic acids is 2. The lowest BCUT2D eigenvalue weighted by Crippen LogP contribution is -2.46. The number of rotatable bonds is 7. The highest BCUT2D eigenvalue weighted by Gasteiger charge is 2.34. The van der Waals surface area contributed by atoms with E-state index in [2.05, 4.69) is 0 Å². The topological polar surface area (TPSA) is 45.6 Å². The lowest BCUT2D eigenvalue weighted by atomic mass is 10.1. The third kappa shape index (κ3) is 4.72. The van der Waals surface area contributed by atoms with Gasteiger partial charge in [-0.2, -0.15) is 0 Å². The summed E-state index contributed by atoms with van der Waals surface area (Å²) in [5.74, 6) is -0.153. The van der Waals surface area contributed by atoms with Gasteiger partial charge in [-0.3, -0.25) is 9.59 Å². The van der Waals surface area contributed by atoms with Crippen molar-refractivity contribution in [1.29, 1.82) is 0 Å². The van der Waals surface area contributed by atoms with E-state index in [9.17, 15) is 9.59 Å². The Morgan fingerprint density at radius 1 is 1.19 bits per heavy atom. The first kappa shape index (κ1) is 19.5. The van der Waals surface area contributed by atoms with E-state index in [1.807, 2.05) is 48.7 Å². The number of hydrogen-bond donors (Lipinski definition) is 0. The van der Waals surface area contributed by atoms with Gasteiger partial charge in [-0.25, -0.2) is 0 Å². The van der Waals surface area contributed by atoms with Gasteiger partial charge in [0.15, 0.2) is 0 Å². The van der Waals surface area contributed by atoms with Crippen molar-refractivity contribution in [3.63, 3.8) is 0 Å². The van der Waals surface area contributed by atoms with E-state index in [4.69, 9.17) is 11.6 Å². The van der Waals surface area contributed by atoms with Crippen LogP contribution in [0.2, 0.25) is 5.02 Å². The Labute approximate surface area is 165 Å². The van der Waals surface area contributed by atoms with Crippen molar-refractivity contribution in [2.75, 3.05) is 6.54 Å². The zero-order chi connectivity index (χ0) is 19.6. The molecule has 0 spiro atoms. The summed E-state index contributed by atoms with van der Waals surface area (Å²) in [6.45, 7) is 4.52. The predicted molar refractivity (Wildman–Crippen MR) is 107 cm³/mol. The van der Waals surface area contributed by atoms with Gasteiger partial charge in [0.2, 0.25) is 5.91 Å². The molecule has 0 aliphatic heterocycles. The van der Waals surface area contributed by atoms with Gasteiger partial charge >= 0.3 is 0 Å². The number of halogens is 1. The van der Waals surface area contributed by atoms with Gasteiger partial charge in [-0.1, -0.05) is 11.6 Å². The van der Waals surface area contributed by atoms with Crippen LogP contribution in [0.5, 0.6) is 0 Å². The van der Waals surface area contributed by atoms with Crippen molar-refractivity contribution in [2.45, 2.75) is 45.3 Å². The van der Waals surface area contributed by atoms with Crippen LogP contribution >= 0.6 is 11.6 Å². The van der Waals surface area contributed by atoms with Crippen LogP contribution in [0.1, 0.15) is 42.7 Å². The Morgan fingerprint density at radius 3 is 2.37 bits per heavy atom. The van der Waals surface area contributed by atoms with E-state index in [1.54, 1.807) is 29.2 Å². The molecule has 1 fully saturated rings. The molecule has 0 radical (unpaired) electrons. The van der Waals surface area contributed by atoms with Crippen molar-refractivity contribution < 1.29 is 9.59 Å². The highest BCUT2D eigenvalue weighted by atomic mass is 35.5. The largest absolute Gasteiger partial charge is 0.353 e. The molecule has 6 heteroatoms. The molecule has 0 saturated heterocycles. The van der Waals surface area contributed by atoms with Crippen molar-refractivity contribution in [3.05, 3.63) is 58.9 Å². The monoisotopic (exact) mass is 387 g/mol. The smallest absolute Gasteiger partial charge is 0.254 e. The number of nitrogens with zero attached hydrogens (tertiary/aromatic N) is 3. The average Bonchev–Trinajstić information content (AvgIpc) is 3.39. The summed E-state index contributed by atoms with van der Waals surface area (Å²) >= 11 is 5.92. The fourth-order valence-corrected chi connectivity index (χ4v) is 3.25. The van der Waals surface area contributed by atoms with Crippen LogP contribution in [-0.4, -0.2) is 44.8 Å². The van der Waals surface area contributed by atoms with E-state index >= 15 is 0 Å². The van der Waals surface area contributed by atoms with Crippen molar-refractivity contribution in [1.82, 2.24) is 14.4 Å². The number of amides is 2. The van der Waals surface area contributed by atoms with Crippen LogP contribution < -0.4 is 0 Å². The van der Waals surface area contributed by atoms with Crippen LogP contribution in [0.15, 0.2) is 42.6 Å². The molecule has 1 saturated carbocycles. The molecule has 3 rings (SSSR count).